The number of allylic oxidation sites excluding steroid dienone is 1. The standard InChI is InChI=1S/C17H10ClF5N2/c1-25(7-6-16(24-25)17(18,22)23)15-5-3-2-4-10(15)11-8-13(20)14(21)9-12(11)19/h2-5,7-9H,1H3/q+1. The molecular weight excluding hydrogens is 363 g/mol. The van der Waals surface area contributed by atoms with E-state index in [0.717, 1.165) is 0 Å². The van der Waals surface area contributed by atoms with Gasteiger partial charge in [-0.05, 0) is 23.7 Å². The number of hydrogen-bond acceptors (Lipinski definition) is 1. The molecule has 0 aliphatic carbocycles. The predicted octanol–water partition coefficient (Wildman–Crippen LogP) is 5.23. The van der Waals surface area contributed by atoms with Crippen molar-refractivity contribution in [3.05, 3.63) is 66.1 Å². The smallest absolute Gasteiger partial charge is 0.206 e. The Labute approximate surface area is 145 Å². The number of halogens is 6. The summed E-state index contributed by atoms with van der Waals surface area (Å²) < 4.78 is 66.9. The highest BCUT2D eigenvalue weighted by atomic mass is 35.5. The minimum atomic E-state index is -3.71. The molecule has 1 aliphatic rings. The lowest BCUT2D eigenvalue weighted by molar-refractivity contribution is 0.175. The van der Waals surface area contributed by atoms with Crippen LogP contribution in [0.1, 0.15) is 0 Å². The van der Waals surface area contributed by atoms with Crippen molar-refractivity contribution >= 4 is 23.0 Å². The highest BCUT2D eigenvalue weighted by molar-refractivity contribution is 6.35. The molecule has 0 aromatic heterocycles. The molecule has 1 unspecified atom stereocenters. The van der Waals surface area contributed by atoms with Crippen LogP contribution >= 0.6 is 11.6 Å². The van der Waals surface area contributed by atoms with Crippen molar-refractivity contribution in [3.63, 3.8) is 0 Å². The van der Waals surface area contributed by atoms with E-state index < -0.39 is 33.1 Å². The zero-order valence-corrected chi connectivity index (χ0v) is 13.5. The molecule has 3 rings (SSSR count). The van der Waals surface area contributed by atoms with Crippen LogP contribution in [0.15, 0.2) is 47.7 Å². The molecule has 0 N–H and O–H groups in total. The second kappa shape index (κ2) is 5.93. The highest BCUT2D eigenvalue weighted by Gasteiger charge is 2.42. The summed E-state index contributed by atoms with van der Waals surface area (Å²) >= 11 is 4.97. The molecular formula is C17H10ClF5N2+. The summed E-state index contributed by atoms with van der Waals surface area (Å²) in [4.78, 5) is 0. The van der Waals surface area contributed by atoms with E-state index in [-0.39, 0.29) is 16.8 Å². The van der Waals surface area contributed by atoms with Gasteiger partial charge >= 0.3 is 5.38 Å². The molecule has 129 valence electrons. The molecule has 1 aliphatic heterocycles. The largest absolute Gasteiger partial charge is 0.370 e. The third kappa shape index (κ3) is 3.17. The topological polar surface area (TPSA) is 12.4 Å². The Kier molecular flexibility index (Phi) is 4.17. The summed E-state index contributed by atoms with van der Waals surface area (Å²) in [5.74, 6) is -3.54. The molecule has 1 atom stereocenters. The van der Waals surface area contributed by atoms with Crippen LogP contribution in [0.25, 0.3) is 11.1 Å². The fourth-order valence-corrected chi connectivity index (χ4v) is 2.63. The van der Waals surface area contributed by atoms with E-state index in [4.69, 9.17) is 11.6 Å². The summed E-state index contributed by atoms with van der Waals surface area (Å²) in [5.41, 5.74) is -0.570. The quantitative estimate of drug-likeness (QED) is 0.303. The number of rotatable bonds is 3. The molecule has 1 radical (unpaired) electrons. The van der Waals surface area contributed by atoms with E-state index in [2.05, 4.69) is 11.2 Å². The van der Waals surface area contributed by atoms with Crippen LogP contribution in [0.2, 0.25) is 0 Å². The first-order valence-electron chi connectivity index (χ1n) is 7.01. The molecule has 2 aromatic rings. The number of quaternary nitrogens is 1. The molecule has 0 bridgehead atoms. The van der Waals surface area contributed by atoms with Crippen LogP contribution < -0.4 is 4.59 Å². The predicted molar refractivity (Wildman–Crippen MR) is 85.5 cm³/mol. The average molecular weight is 373 g/mol. The number of nitrogens with zero attached hydrogens (tertiary/aromatic N) is 2. The number of benzene rings is 2. The van der Waals surface area contributed by atoms with E-state index in [9.17, 15) is 22.0 Å². The van der Waals surface area contributed by atoms with Crippen LogP contribution in [0.3, 0.4) is 0 Å². The Morgan fingerprint density at radius 2 is 1.64 bits per heavy atom. The van der Waals surface area contributed by atoms with Gasteiger partial charge in [0.15, 0.2) is 23.0 Å². The monoisotopic (exact) mass is 372 g/mol. The number of para-hydroxylation sites is 1. The lowest BCUT2D eigenvalue weighted by atomic mass is 10.0. The van der Waals surface area contributed by atoms with Gasteiger partial charge in [0.05, 0.1) is 6.08 Å². The molecule has 0 spiro atoms. The van der Waals surface area contributed by atoms with Crippen molar-refractivity contribution in [1.29, 1.82) is 0 Å². The van der Waals surface area contributed by atoms with Crippen molar-refractivity contribution in [3.8, 4) is 11.1 Å². The van der Waals surface area contributed by atoms with E-state index in [1.54, 1.807) is 12.1 Å². The first-order valence-corrected chi connectivity index (χ1v) is 7.39. The van der Waals surface area contributed by atoms with E-state index in [0.29, 0.717) is 12.1 Å². The van der Waals surface area contributed by atoms with Gasteiger partial charge in [-0.15, -0.1) is 4.59 Å². The molecule has 2 nitrogen and oxygen atoms in total. The molecule has 0 amide bonds. The molecule has 2 aromatic carbocycles. The van der Waals surface area contributed by atoms with Crippen LogP contribution in [-0.4, -0.2) is 18.1 Å². The van der Waals surface area contributed by atoms with Crippen LogP contribution in [0, 0.1) is 23.5 Å². The maximum Gasteiger partial charge on any atom is 0.370 e. The molecule has 0 saturated heterocycles. The van der Waals surface area contributed by atoms with Gasteiger partial charge in [-0.2, -0.15) is 8.78 Å². The van der Waals surface area contributed by atoms with E-state index in [1.807, 2.05) is 0 Å². The normalized spacial score (nSPS) is 20.0. The Hall–Kier alpha value is -2.25. The fraction of sp³-hybridized carbons (Fsp3) is 0.118. The first kappa shape index (κ1) is 17.6. The second-order valence-corrected chi connectivity index (χ2v) is 5.98. The second-order valence-electron chi connectivity index (χ2n) is 5.51. The lowest BCUT2D eigenvalue weighted by Crippen LogP contribution is -2.32. The van der Waals surface area contributed by atoms with Gasteiger partial charge < -0.3 is 0 Å². The highest BCUT2D eigenvalue weighted by Crippen LogP contribution is 2.39. The van der Waals surface area contributed by atoms with Crippen LogP contribution in [0.4, 0.5) is 27.6 Å². The third-order valence-corrected chi connectivity index (χ3v) is 3.90. The number of hydrogen-bond donors (Lipinski definition) is 0. The summed E-state index contributed by atoms with van der Waals surface area (Å²) in [6.07, 6.45) is 3.50. The van der Waals surface area contributed by atoms with Gasteiger partial charge in [0.1, 0.15) is 19.1 Å². The van der Waals surface area contributed by atoms with Gasteiger partial charge in [0.2, 0.25) is 0 Å². The summed E-state index contributed by atoms with van der Waals surface area (Å²) in [7, 11) is 1.44. The maximum atomic E-state index is 14.2. The zero-order valence-electron chi connectivity index (χ0n) is 12.7. The fourth-order valence-electron chi connectivity index (χ4n) is 2.54. The van der Waals surface area contributed by atoms with Gasteiger partial charge in [-0.1, -0.05) is 17.2 Å². The van der Waals surface area contributed by atoms with Crippen LogP contribution in [0.5, 0.6) is 0 Å². The van der Waals surface area contributed by atoms with Crippen molar-refractivity contribution in [2.75, 3.05) is 7.05 Å². The zero-order chi connectivity index (χ0) is 18.4. The third-order valence-electron chi connectivity index (χ3n) is 3.72. The van der Waals surface area contributed by atoms with Gasteiger partial charge in [-0.25, -0.2) is 13.2 Å². The van der Waals surface area contributed by atoms with Crippen molar-refractivity contribution in [2.24, 2.45) is 5.10 Å². The maximum absolute atomic E-state index is 14.2. The van der Waals surface area contributed by atoms with Gasteiger partial charge in [0.25, 0.3) is 0 Å². The lowest BCUT2D eigenvalue weighted by Gasteiger charge is -2.23. The van der Waals surface area contributed by atoms with Gasteiger partial charge in [-0.3, -0.25) is 0 Å². The minimum absolute atomic E-state index is 0.169. The molecule has 0 saturated carbocycles. The van der Waals surface area contributed by atoms with E-state index in [1.165, 1.54) is 25.4 Å². The summed E-state index contributed by atoms with van der Waals surface area (Å²) in [5, 5.41) is 0.119. The molecule has 8 heteroatoms. The van der Waals surface area contributed by atoms with Crippen LogP contribution in [-0.2, 0) is 0 Å². The number of alkyl halides is 3. The minimum Gasteiger partial charge on any atom is -0.206 e. The Bertz CT molecular complexity index is 904. The first-order chi connectivity index (χ1) is 11.6. The summed E-state index contributed by atoms with van der Waals surface area (Å²) in [6.45, 7) is 0. The average Bonchev–Trinajstić information content (AvgIpc) is 2.95. The summed E-state index contributed by atoms with van der Waals surface area (Å²) in [6, 6.07) is 7.23. The van der Waals surface area contributed by atoms with Crippen molar-refractivity contribution < 1.29 is 22.0 Å². The molecule has 0 fully saturated rings. The molecule has 1 heterocycles. The SMILES string of the molecule is C[N+]1(c2ccccc2-c2cc(F)c(F)cc2F)C=[C]C(C(F)(F)Cl)=N1. The molecule has 25 heavy (non-hydrogen) atoms. The van der Waals surface area contributed by atoms with Gasteiger partial charge in [0, 0.05) is 23.3 Å². The van der Waals surface area contributed by atoms with Crippen molar-refractivity contribution in [2.45, 2.75) is 5.38 Å². The Morgan fingerprint density at radius 1 is 1.00 bits per heavy atom. The Morgan fingerprint density at radius 3 is 2.28 bits per heavy atom. The van der Waals surface area contributed by atoms with Crippen molar-refractivity contribution in [1.82, 2.24) is 4.59 Å². The Balaban J connectivity index is 2.18. The van der Waals surface area contributed by atoms with E-state index >= 15 is 0 Å².